The number of benzene rings is 2. The Bertz CT molecular complexity index is 956. The fourth-order valence-electron chi connectivity index (χ4n) is 3.67. The Morgan fingerprint density at radius 2 is 1.96 bits per heavy atom. The van der Waals surface area contributed by atoms with Gasteiger partial charge in [0, 0.05) is 17.5 Å². The first-order valence-corrected chi connectivity index (χ1v) is 10.3. The Kier molecular flexibility index (Phi) is 5.50. The molecule has 1 fully saturated rings. The van der Waals surface area contributed by atoms with Crippen molar-refractivity contribution < 1.29 is 14.1 Å². The van der Waals surface area contributed by atoms with Crippen LogP contribution in [0.25, 0.3) is 10.6 Å². The summed E-state index contributed by atoms with van der Waals surface area (Å²) in [4.78, 5) is 19.4. The van der Waals surface area contributed by atoms with Crippen molar-refractivity contribution in [2.45, 2.75) is 25.9 Å². The number of hydrogen-bond donors (Lipinski definition) is 2. The van der Waals surface area contributed by atoms with E-state index in [0.717, 1.165) is 36.6 Å². The van der Waals surface area contributed by atoms with E-state index in [1.807, 2.05) is 13.0 Å². The average Bonchev–Trinajstić information content (AvgIpc) is 3.29. The van der Waals surface area contributed by atoms with Gasteiger partial charge in [-0.2, -0.15) is 0 Å². The van der Waals surface area contributed by atoms with Gasteiger partial charge in [-0.25, -0.2) is 9.37 Å². The molecular weight excluding hydrogens is 373 g/mol. The molecule has 1 unspecified atom stereocenters. The molecule has 2 heterocycles. The van der Waals surface area contributed by atoms with Gasteiger partial charge in [-0.15, -0.1) is 11.3 Å². The zero-order valence-electron chi connectivity index (χ0n) is 15.7. The Balaban J connectivity index is 1.38. The van der Waals surface area contributed by atoms with Crippen LogP contribution in [0.15, 0.2) is 54.6 Å². The summed E-state index contributed by atoms with van der Waals surface area (Å²) in [6, 6.07) is 16.8. The minimum Gasteiger partial charge on any atom is -0.343 e. The highest BCUT2D eigenvalue weighted by atomic mass is 32.1. The lowest BCUT2D eigenvalue weighted by atomic mass is 10.2. The third-order valence-electron chi connectivity index (χ3n) is 5.11. The quantitative estimate of drug-likeness (QED) is 0.697. The SMILES string of the molecule is Cc1nc(-c2ccc(F)cc2)sc1C(=O)N[C@H]1CC[NH+](Cc2ccccc2)C1. The largest absolute Gasteiger partial charge is 0.343 e. The number of carbonyl (C=O) groups is 1. The molecule has 6 heteroatoms. The summed E-state index contributed by atoms with van der Waals surface area (Å²) in [7, 11) is 0. The van der Waals surface area contributed by atoms with Crippen LogP contribution in [0.3, 0.4) is 0 Å². The number of carbonyl (C=O) groups excluding carboxylic acids is 1. The third kappa shape index (κ3) is 4.29. The number of quaternary nitrogens is 1. The standard InChI is InChI=1S/C22H22FN3OS/c1-15-20(28-22(24-15)17-7-9-18(23)10-8-17)21(27)25-19-11-12-26(14-19)13-16-5-3-2-4-6-16/h2-10,19H,11-14H2,1H3,(H,25,27)/p+1/t19-/m0/s1. The van der Waals surface area contributed by atoms with E-state index < -0.39 is 0 Å². The molecule has 144 valence electrons. The fraction of sp³-hybridized carbons (Fsp3) is 0.273. The predicted octanol–water partition coefficient (Wildman–Crippen LogP) is 2.84. The van der Waals surface area contributed by atoms with Gasteiger partial charge >= 0.3 is 0 Å². The summed E-state index contributed by atoms with van der Waals surface area (Å²) in [5.74, 6) is -0.340. The molecule has 3 aromatic rings. The summed E-state index contributed by atoms with van der Waals surface area (Å²) in [6.07, 6.45) is 0.983. The first-order chi connectivity index (χ1) is 13.6. The molecule has 0 spiro atoms. The first kappa shape index (κ1) is 18.8. The predicted molar refractivity (Wildman–Crippen MR) is 109 cm³/mol. The van der Waals surface area contributed by atoms with Crippen molar-refractivity contribution in [3.8, 4) is 10.6 Å². The van der Waals surface area contributed by atoms with Crippen molar-refractivity contribution in [2.75, 3.05) is 13.1 Å². The summed E-state index contributed by atoms with van der Waals surface area (Å²) in [5, 5.41) is 3.92. The van der Waals surface area contributed by atoms with E-state index >= 15 is 0 Å². The van der Waals surface area contributed by atoms with Gasteiger partial charge in [-0.05, 0) is 31.2 Å². The van der Waals surface area contributed by atoms with E-state index in [9.17, 15) is 9.18 Å². The lowest BCUT2D eigenvalue weighted by Gasteiger charge is -2.14. The van der Waals surface area contributed by atoms with Gasteiger partial charge in [-0.3, -0.25) is 4.79 Å². The maximum absolute atomic E-state index is 13.1. The topological polar surface area (TPSA) is 46.4 Å². The van der Waals surface area contributed by atoms with E-state index in [1.165, 1.54) is 33.9 Å². The van der Waals surface area contributed by atoms with Gasteiger partial charge in [0.2, 0.25) is 0 Å². The van der Waals surface area contributed by atoms with Gasteiger partial charge < -0.3 is 10.2 Å². The molecule has 0 saturated carbocycles. The molecule has 1 saturated heterocycles. The molecular formula is C22H23FN3OS+. The van der Waals surface area contributed by atoms with Crippen molar-refractivity contribution in [2.24, 2.45) is 0 Å². The van der Waals surface area contributed by atoms with Gasteiger partial charge in [0.1, 0.15) is 22.2 Å². The molecule has 1 aliphatic rings. The molecule has 1 amide bonds. The highest BCUT2D eigenvalue weighted by Gasteiger charge is 2.28. The van der Waals surface area contributed by atoms with Crippen LogP contribution in [0.5, 0.6) is 0 Å². The second-order valence-electron chi connectivity index (χ2n) is 7.27. The molecule has 1 aromatic heterocycles. The zero-order chi connectivity index (χ0) is 19.5. The van der Waals surface area contributed by atoms with Crippen LogP contribution in [0.1, 0.15) is 27.3 Å². The highest BCUT2D eigenvalue weighted by molar-refractivity contribution is 7.17. The molecule has 28 heavy (non-hydrogen) atoms. The van der Waals surface area contributed by atoms with E-state index in [2.05, 4.69) is 34.6 Å². The second-order valence-corrected chi connectivity index (χ2v) is 8.27. The third-order valence-corrected chi connectivity index (χ3v) is 6.31. The van der Waals surface area contributed by atoms with Crippen LogP contribution in [0.2, 0.25) is 0 Å². The number of halogens is 1. The number of likely N-dealkylation sites (tertiary alicyclic amines) is 1. The van der Waals surface area contributed by atoms with Gasteiger partial charge in [0.15, 0.2) is 0 Å². The van der Waals surface area contributed by atoms with Gasteiger partial charge in [0.25, 0.3) is 5.91 Å². The van der Waals surface area contributed by atoms with Crippen molar-refractivity contribution in [1.82, 2.24) is 10.3 Å². The smallest absolute Gasteiger partial charge is 0.263 e. The molecule has 2 N–H and O–H groups in total. The van der Waals surface area contributed by atoms with Crippen LogP contribution in [-0.4, -0.2) is 30.0 Å². The number of aryl methyl sites for hydroxylation is 1. The number of amides is 1. The number of nitrogens with zero attached hydrogens (tertiary/aromatic N) is 1. The molecule has 2 atom stereocenters. The minimum absolute atomic E-state index is 0.0608. The Morgan fingerprint density at radius 1 is 1.21 bits per heavy atom. The van der Waals surface area contributed by atoms with E-state index in [1.54, 1.807) is 12.1 Å². The number of aromatic nitrogens is 1. The van der Waals surface area contributed by atoms with E-state index in [4.69, 9.17) is 0 Å². The lowest BCUT2D eigenvalue weighted by Crippen LogP contribution is -3.09. The Labute approximate surface area is 168 Å². The molecule has 4 rings (SSSR count). The van der Waals surface area contributed by atoms with Crippen molar-refractivity contribution in [1.29, 1.82) is 0 Å². The molecule has 2 aromatic carbocycles. The first-order valence-electron chi connectivity index (χ1n) is 9.50. The number of rotatable bonds is 5. The van der Waals surface area contributed by atoms with Crippen molar-refractivity contribution >= 4 is 17.2 Å². The number of hydrogen-bond acceptors (Lipinski definition) is 3. The van der Waals surface area contributed by atoms with E-state index in [0.29, 0.717) is 10.6 Å². The molecule has 4 nitrogen and oxygen atoms in total. The van der Waals surface area contributed by atoms with Gasteiger partial charge in [-0.1, -0.05) is 30.3 Å². The molecule has 0 aliphatic carbocycles. The second kappa shape index (κ2) is 8.20. The fourth-order valence-corrected chi connectivity index (χ4v) is 4.65. The van der Waals surface area contributed by atoms with Crippen LogP contribution in [0.4, 0.5) is 4.39 Å². The molecule has 0 radical (unpaired) electrons. The summed E-state index contributed by atoms with van der Waals surface area (Å²) >= 11 is 1.36. The highest BCUT2D eigenvalue weighted by Crippen LogP contribution is 2.28. The van der Waals surface area contributed by atoms with Crippen molar-refractivity contribution in [3.05, 3.63) is 76.5 Å². The van der Waals surface area contributed by atoms with Crippen LogP contribution < -0.4 is 10.2 Å². The monoisotopic (exact) mass is 396 g/mol. The van der Waals surface area contributed by atoms with Crippen LogP contribution in [-0.2, 0) is 6.54 Å². The van der Waals surface area contributed by atoms with Gasteiger partial charge in [0.05, 0.1) is 24.8 Å². The number of thiazole rings is 1. The minimum atomic E-state index is -0.279. The van der Waals surface area contributed by atoms with E-state index in [-0.39, 0.29) is 17.8 Å². The number of nitrogens with one attached hydrogen (secondary N) is 2. The Hall–Kier alpha value is -2.57. The van der Waals surface area contributed by atoms with Crippen LogP contribution in [0, 0.1) is 12.7 Å². The maximum atomic E-state index is 13.1. The summed E-state index contributed by atoms with van der Waals surface area (Å²) in [6.45, 7) is 4.83. The van der Waals surface area contributed by atoms with Crippen molar-refractivity contribution in [3.63, 3.8) is 0 Å². The summed E-state index contributed by atoms with van der Waals surface area (Å²) < 4.78 is 13.1. The normalized spacial score (nSPS) is 18.9. The molecule has 1 aliphatic heterocycles. The Morgan fingerprint density at radius 3 is 2.71 bits per heavy atom. The zero-order valence-corrected chi connectivity index (χ0v) is 16.6. The molecule has 0 bridgehead atoms. The summed E-state index contributed by atoms with van der Waals surface area (Å²) in [5.41, 5.74) is 2.87. The van der Waals surface area contributed by atoms with Crippen LogP contribution >= 0.6 is 11.3 Å². The maximum Gasteiger partial charge on any atom is 0.263 e. The lowest BCUT2D eigenvalue weighted by molar-refractivity contribution is -0.901. The average molecular weight is 397 g/mol.